The van der Waals surface area contributed by atoms with E-state index in [-0.39, 0.29) is 0 Å². The molecule has 2 aromatic rings. The number of nitrogens with zero attached hydrogens (tertiary/aromatic N) is 1. The van der Waals surface area contributed by atoms with Crippen LogP contribution in [0, 0.1) is 3.57 Å². The van der Waals surface area contributed by atoms with E-state index in [1.807, 2.05) is 24.4 Å². The Kier molecular flexibility index (Phi) is 2.76. The summed E-state index contributed by atoms with van der Waals surface area (Å²) in [5.74, 6) is 0. The van der Waals surface area contributed by atoms with Crippen LogP contribution in [0.2, 0.25) is 5.02 Å². The number of halogens is 3. The van der Waals surface area contributed by atoms with Gasteiger partial charge in [-0.3, -0.25) is 4.98 Å². The minimum atomic E-state index is 0.740. The molecule has 0 amide bonds. The van der Waals surface area contributed by atoms with Crippen molar-refractivity contribution >= 4 is 61.0 Å². The number of fused-ring (bicyclic) bond motifs is 1. The zero-order chi connectivity index (χ0) is 9.42. The predicted octanol–water partition coefficient (Wildman–Crippen LogP) is 4.26. The fourth-order valence-electron chi connectivity index (χ4n) is 1.13. The molecule has 0 radical (unpaired) electrons. The van der Waals surface area contributed by atoms with Gasteiger partial charge in [-0.2, -0.15) is 0 Å². The van der Waals surface area contributed by atoms with E-state index in [0.29, 0.717) is 0 Å². The normalized spacial score (nSPS) is 10.7. The molecular formula is C9H4BrClIN. The first-order chi connectivity index (χ1) is 6.18. The molecule has 0 saturated heterocycles. The van der Waals surface area contributed by atoms with Gasteiger partial charge in [0.25, 0.3) is 0 Å². The molecule has 1 heterocycles. The molecular weight excluding hydrogens is 364 g/mol. The lowest BCUT2D eigenvalue weighted by Crippen LogP contribution is -1.82. The summed E-state index contributed by atoms with van der Waals surface area (Å²) in [5, 5.41) is 1.73. The van der Waals surface area contributed by atoms with Crippen LogP contribution in [0.3, 0.4) is 0 Å². The van der Waals surface area contributed by atoms with Crippen LogP contribution in [-0.2, 0) is 0 Å². The van der Waals surface area contributed by atoms with Gasteiger partial charge in [0.2, 0.25) is 0 Å². The molecule has 0 atom stereocenters. The third-order valence-corrected chi connectivity index (χ3v) is 3.27. The zero-order valence-corrected chi connectivity index (χ0v) is 10.9. The van der Waals surface area contributed by atoms with Crippen LogP contribution in [0.25, 0.3) is 10.9 Å². The highest BCUT2D eigenvalue weighted by molar-refractivity contribution is 14.1. The minimum Gasteiger partial charge on any atom is -0.254 e. The van der Waals surface area contributed by atoms with Crippen molar-refractivity contribution in [3.05, 3.63) is 37.5 Å². The fraction of sp³-hybridized carbons (Fsp3) is 0. The van der Waals surface area contributed by atoms with Crippen LogP contribution in [-0.4, -0.2) is 4.98 Å². The van der Waals surface area contributed by atoms with E-state index in [0.717, 1.165) is 24.0 Å². The summed E-state index contributed by atoms with van der Waals surface area (Å²) in [6.07, 6.45) is 1.82. The van der Waals surface area contributed by atoms with E-state index in [9.17, 15) is 0 Å². The van der Waals surface area contributed by atoms with Crippen molar-refractivity contribution in [1.29, 1.82) is 0 Å². The van der Waals surface area contributed by atoms with Gasteiger partial charge in [0.1, 0.15) is 0 Å². The molecule has 13 heavy (non-hydrogen) atoms. The zero-order valence-electron chi connectivity index (χ0n) is 6.39. The van der Waals surface area contributed by atoms with Crippen LogP contribution in [0.15, 0.2) is 28.9 Å². The van der Waals surface area contributed by atoms with Crippen LogP contribution in [0.1, 0.15) is 0 Å². The average molecular weight is 368 g/mol. The average Bonchev–Trinajstić information content (AvgIpc) is 2.12. The van der Waals surface area contributed by atoms with E-state index in [2.05, 4.69) is 43.5 Å². The summed E-state index contributed by atoms with van der Waals surface area (Å²) in [5.41, 5.74) is 0.910. The van der Waals surface area contributed by atoms with Crippen molar-refractivity contribution in [1.82, 2.24) is 4.98 Å². The molecule has 0 spiro atoms. The Morgan fingerprint density at radius 1 is 1.38 bits per heavy atom. The van der Waals surface area contributed by atoms with Crippen molar-refractivity contribution in [2.24, 2.45) is 0 Å². The van der Waals surface area contributed by atoms with Crippen LogP contribution in [0.4, 0.5) is 0 Å². The summed E-state index contributed by atoms with van der Waals surface area (Å²) >= 11 is 11.7. The topological polar surface area (TPSA) is 12.9 Å². The molecule has 2 rings (SSSR count). The van der Waals surface area contributed by atoms with Crippen molar-refractivity contribution in [2.75, 3.05) is 0 Å². The Morgan fingerprint density at radius 3 is 2.92 bits per heavy atom. The third-order valence-electron chi connectivity index (χ3n) is 1.71. The van der Waals surface area contributed by atoms with Gasteiger partial charge >= 0.3 is 0 Å². The lowest BCUT2D eigenvalue weighted by atomic mass is 10.2. The molecule has 0 aliphatic heterocycles. The first kappa shape index (κ1) is 9.68. The number of aromatic nitrogens is 1. The van der Waals surface area contributed by atoms with Gasteiger partial charge in [-0.05, 0) is 56.7 Å². The first-order valence-corrected chi connectivity index (χ1v) is 5.83. The summed E-state index contributed by atoms with van der Waals surface area (Å²) in [6.45, 7) is 0. The van der Waals surface area contributed by atoms with E-state index in [4.69, 9.17) is 11.6 Å². The number of hydrogen-bond acceptors (Lipinski definition) is 1. The Morgan fingerprint density at radius 2 is 2.15 bits per heavy atom. The maximum absolute atomic E-state index is 6.04. The van der Waals surface area contributed by atoms with Gasteiger partial charge in [-0.25, -0.2) is 0 Å². The lowest BCUT2D eigenvalue weighted by Gasteiger charge is -2.01. The van der Waals surface area contributed by atoms with Gasteiger partial charge in [0.05, 0.1) is 10.5 Å². The summed E-state index contributed by atoms with van der Waals surface area (Å²) < 4.78 is 2.06. The van der Waals surface area contributed by atoms with Crippen LogP contribution < -0.4 is 0 Å². The number of rotatable bonds is 0. The molecule has 0 bridgehead atoms. The van der Waals surface area contributed by atoms with Crippen molar-refractivity contribution < 1.29 is 0 Å². The maximum Gasteiger partial charge on any atom is 0.0859 e. The quantitative estimate of drug-likeness (QED) is 0.634. The minimum absolute atomic E-state index is 0.740. The van der Waals surface area contributed by atoms with E-state index < -0.39 is 0 Å². The number of pyridine rings is 1. The predicted molar refractivity (Wildman–Crippen MR) is 67.2 cm³/mol. The van der Waals surface area contributed by atoms with E-state index in [1.54, 1.807) is 0 Å². The standard InChI is InChI=1S/C9H4BrClIN/c10-7-1-2-8(11)6-3-5(12)4-13-9(6)7/h1-4H. The maximum atomic E-state index is 6.04. The molecule has 0 fully saturated rings. The highest BCUT2D eigenvalue weighted by Crippen LogP contribution is 2.29. The van der Waals surface area contributed by atoms with E-state index in [1.165, 1.54) is 0 Å². The molecule has 0 saturated carbocycles. The molecule has 1 aromatic carbocycles. The molecule has 4 heteroatoms. The van der Waals surface area contributed by atoms with Crippen molar-refractivity contribution in [3.8, 4) is 0 Å². The molecule has 0 aliphatic carbocycles. The second kappa shape index (κ2) is 3.71. The number of hydrogen-bond donors (Lipinski definition) is 0. The summed E-state index contributed by atoms with van der Waals surface area (Å²) in [7, 11) is 0. The molecule has 0 aliphatic rings. The fourth-order valence-corrected chi connectivity index (χ4v) is 2.23. The first-order valence-electron chi connectivity index (χ1n) is 3.58. The molecule has 1 nitrogen and oxygen atoms in total. The van der Waals surface area contributed by atoms with Crippen molar-refractivity contribution in [2.45, 2.75) is 0 Å². The van der Waals surface area contributed by atoms with Gasteiger partial charge in [-0.1, -0.05) is 11.6 Å². The third kappa shape index (κ3) is 1.82. The molecule has 1 aromatic heterocycles. The summed E-state index contributed by atoms with van der Waals surface area (Å²) in [4.78, 5) is 4.30. The largest absolute Gasteiger partial charge is 0.254 e. The van der Waals surface area contributed by atoms with E-state index >= 15 is 0 Å². The second-order valence-electron chi connectivity index (χ2n) is 2.58. The van der Waals surface area contributed by atoms with Gasteiger partial charge in [0.15, 0.2) is 0 Å². The van der Waals surface area contributed by atoms with Gasteiger partial charge in [0, 0.05) is 19.6 Å². The highest BCUT2D eigenvalue weighted by atomic mass is 127. The highest BCUT2D eigenvalue weighted by Gasteiger charge is 2.03. The van der Waals surface area contributed by atoms with Gasteiger partial charge < -0.3 is 0 Å². The van der Waals surface area contributed by atoms with Crippen molar-refractivity contribution in [3.63, 3.8) is 0 Å². The lowest BCUT2D eigenvalue weighted by molar-refractivity contribution is 1.38. The Labute approximate surface area is 103 Å². The Bertz CT molecular complexity index is 472. The van der Waals surface area contributed by atoms with Crippen LogP contribution in [0.5, 0.6) is 0 Å². The van der Waals surface area contributed by atoms with Crippen LogP contribution >= 0.6 is 50.1 Å². The second-order valence-corrected chi connectivity index (χ2v) is 5.09. The molecule has 66 valence electrons. The van der Waals surface area contributed by atoms with Gasteiger partial charge in [-0.15, -0.1) is 0 Å². The SMILES string of the molecule is Clc1ccc(Br)c2ncc(I)cc12. The molecule has 0 N–H and O–H groups in total. The molecule has 0 unspecified atom stereocenters. The summed E-state index contributed by atoms with van der Waals surface area (Å²) in [6, 6.07) is 5.80. The smallest absolute Gasteiger partial charge is 0.0859 e. The number of benzene rings is 1. The monoisotopic (exact) mass is 367 g/mol. The Hall–Kier alpha value is 0.130. The Balaban J connectivity index is 2.92.